The standard InChI is InChI=1S/C7H6O2.C6H8N2/c8-7(9)6-4-2-1-3-5-6;7-8-6-4-2-1-3-5-6/h1-5H,(H,8,9);1-5,8H,7H2. The normalized spacial score (nSPS) is 8.76. The number of para-hydroxylation sites is 1. The van der Waals surface area contributed by atoms with Gasteiger partial charge < -0.3 is 10.5 Å². The van der Waals surface area contributed by atoms with Gasteiger partial charge in [-0.2, -0.15) is 0 Å². The molecule has 0 aliphatic heterocycles. The fraction of sp³-hybridized carbons (Fsp3) is 0. The number of aromatic carboxylic acids is 1. The van der Waals surface area contributed by atoms with Crippen molar-refractivity contribution < 1.29 is 9.90 Å². The van der Waals surface area contributed by atoms with Crippen LogP contribution in [0.4, 0.5) is 5.69 Å². The molecule has 88 valence electrons. The van der Waals surface area contributed by atoms with Crippen molar-refractivity contribution in [2.24, 2.45) is 5.84 Å². The Labute approximate surface area is 99.7 Å². The highest BCUT2D eigenvalue weighted by Gasteiger charge is 1.96. The minimum Gasteiger partial charge on any atom is -0.478 e. The van der Waals surface area contributed by atoms with E-state index in [9.17, 15) is 4.79 Å². The second kappa shape index (κ2) is 7.03. The van der Waals surface area contributed by atoms with Gasteiger partial charge in [0.2, 0.25) is 0 Å². The molecule has 0 spiro atoms. The fourth-order valence-electron chi connectivity index (χ4n) is 1.12. The number of hydrogen-bond acceptors (Lipinski definition) is 3. The van der Waals surface area contributed by atoms with Crippen molar-refractivity contribution >= 4 is 11.7 Å². The summed E-state index contributed by atoms with van der Waals surface area (Å²) in [5.74, 6) is 4.22. The minimum absolute atomic E-state index is 0.331. The van der Waals surface area contributed by atoms with Crippen LogP contribution in [-0.4, -0.2) is 11.1 Å². The average Bonchev–Trinajstić information content (AvgIpc) is 2.41. The molecule has 2 aromatic carbocycles. The number of carboxylic acid groups (broad SMARTS) is 1. The van der Waals surface area contributed by atoms with Gasteiger partial charge in [0.25, 0.3) is 0 Å². The summed E-state index contributed by atoms with van der Waals surface area (Å²) in [5, 5.41) is 8.38. The molecule has 0 saturated heterocycles. The largest absolute Gasteiger partial charge is 0.478 e. The van der Waals surface area contributed by atoms with E-state index < -0.39 is 5.97 Å². The number of anilines is 1. The summed E-state index contributed by atoms with van der Waals surface area (Å²) in [4.78, 5) is 10.2. The van der Waals surface area contributed by atoms with Crippen LogP contribution in [0, 0.1) is 0 Å². The third-order valence-corrected chi connectivity index (χ3v) is 1.96. The van der Waals surface area contributed by atoms with E-state index >= 15 is 0 Å². The summed E-state index contributed by atoms with van der Waals surface area (Å²) >= 11 is 0. The van der Waals surface area contributed by atoms with Gasteiger partial charge in [-0.1, -0.05) is 36.4 Å². The van der Waals surface area contributed by atoms with Crippen LogP contribution in [0.3, 0.4) is 0 Å². The van der Waals surface area contributed by atoms with Crippen LogP contribution in [0.15, 0.2) is 60.7 Å². The Kier molecular flexibility index (Phi) is 5.27. The molecule has 0 atom stereocenters. The Morgan fingerprint density at radius 1 is 0.941 bits per heavy atom. The van der Waals surface area contributed by atoms with Gasteiger partial charge in [0.05, 0.1) is 5.56 Å². The molecule has 0 radical (unpaired) electrons. The van der Waals surface area contributed by atoms with Crippen LogP contribution in [0.2, 0.25) is 0 Å². The molecule has 2 rings (SSSR count). The maximum absolute atomic E-state index is 10.2. The van der Waals surface area contributed by atoms with Crippen LogP contribution in [0.1, 0.15) is 10.4 Å². The molecule has 0 fully saturated rings. The quantitative estimate of drug-likeness (QED) is 0.547. The van der Waals surface area contributed by atoms with Gasteiger partial charge in [-0.25, -0.2) is 4.79 Å². The topological polar surface area (TPSA) is 75.3 Å². The SMILES string of the molecule is NNc1ccccc1.O=C(O)c1ccccc1. The van der Waals surface area contributed by atoms with Gasteiger partial charge in [-0.05, 0) is 24.3 Å². The van der Waals surface area contributed by atoms with Gasteiger partial charge in [-0.15, -0.1) is 0 Å². The van der Waals surface area contributed by atoms with Gasteiger partial charge in [-0.3, -0.25) is 5.84 Å². The Morgan fingerprint density at radius 3 is 1.71 bits per heavy atom. The van der Waals surface area contributed by atoms with E-state index in [0.29, 0.717) is 5.56 Å². The molecule has 4 nitrogen and oxygen atoms in total. The molecule has 0 aromatic heterocycles. The minimum atomic E-state index is -0.879. The third-order valence-electron chi connectivity index (χ3n) is 1.96. The van der Waals surface area contributed by atoms with Crippen molar-refractivity contribution in [1.29, 1.82) is 0 Å². The molecule has 0 bridgehead atoms. The molecular weight excluding hydrogens is 216 g/mol. The van der Waals surface area contributed by atoms with Crippen molar-refractivity contribution in [3.63, 3.8) is 0 Å². The molecule has 0 unspecified atom stereocenters. The molecule has 17 heavy (non-hydrogen) atoms. The van der Waals surface area contributed by atoms with Gasteiger partial charge in [0.15, 0.2) is 0 Å². The van der Waals surface area contributed by atoms with E-state index in [1.165, 1.54) is 0 Å². The van der Waals surface area contributed by atoms with Crippen molar-refractivity contribution in [3.05, 3.63) is 66.2 Å². The number of carboxylic acids is 1. The van der Waals surface area contributed by atoms with Crippen LogP contribution < -0.4 is 11.3 Å². The average molecular weight is 230 g/mol. The molecule has 0 aliphatic carbocycles. The van der Waals surface area contributed by atoms with Crippen molar-refractivity contribution in [3.8, 4) is 0 Å². The predicted molar refractivity (Wildman–Crippen MR) is 67.7 cm³/mol. The Hall–Kier alpha value is -2.33. The lowest BCUT2D eigenvalue weighted by Crippen LogP contribution is -2.05. The lowest BCUT2D eigenvalue weighted by atomic mass is 10.2. The number of carbonyl (C=O) groups is 1. The summed E-state index contributed by atoms with van der Waals surface area (Å²) in [6.07, 6.45) is 0. The van der Waals surface area contributed by atoms with Crippen molar-refractivity contribution in [2.75, 3.05) is 5.43 Å². The summed E-state index contributed by atoms with van der Waals surface area (Å²) in [6.45, 7) is 0. The summed E-state index contributed by atoms with van der Waals surface area (Å²) in [6, 6.07) is 17.9. The Balaban J connectivity index is 0.000000171. The number of nitrogens with two attached hydrogens (primary N) is 1. The number of hydrogen-bond donors (Lipinski definition) is 3. The first-order valence-corrected chi connectivity index (χ1v) is 5.04. The summed E-state index contributed by atoms with van der Waals surface area (Å²) in [7, 11) is 0. The highest BCUT2D eigenvalue weighted by Crippen LogP contribution is 2.00. The van der Waals surface area contributed by atoms with E-state index in [4.69, 9.17) is 10.9 Å². The smallest absolute Gasteiger partial charge is 0.335 e. The lowest BCUT2D eigenvalue weighted by molar-refractivity contribution is 0.0697. The highest BCUT2D eigenvalue weighted by atomic mass is 16.4. The molecule has 0 saturated carbocycles. The molecule has 0 aliphatic rings. The maximum Gasteiger partial charge on any atom is 0.335 e. The zero-order valence-corrected chi connectivity index (χ0v) is 9.21. The van der Waals surface area contributed by atoms with E-state index in [-0.39, 0.29) is 0 Å². The van der Waals surface area contributed by atoms with E-state index in [1.54, 1.807) is 30.3 Å². The molecule has 0 amide bonds. The zero-order valence-electron chi connectivity index (χ0n) is 9.21. The van der Waals surface area contributed by atoms with Crippen molar-refractivity contribution in [1.82, 2.24) is 0 Å². The van der Waals surface area contributed by atoms with Crippen molar-refractivity contribution in [2.45, 2.75) is 0 Å². The van der Waals surface area contributed by atoms with Gasteiger partial charge >= 0.3 is 5.97 Å². The van der Waals surface area contributed by atoms with E-state index in [2.05, 4.69) is 5.43 Å². The molecular formula is C13H14N2O2. The predicted octanol–water partition coefficient (Wildman–Crippen LogP) is 2.36. The van der Waals surface area contributed by atoms with Crippen LogP contribution in [0.25, 0.3) is 0 Å². The highest BCUT2D eigenvalue weighted by molar-refractivity contribution is 5.87. The number of nitrogen functional groups attached to an aromatic ring is 1. The summed E-state index contributed by atoms with van der Waals surface area (Å²) in [5.41, 5.74) is 3.80. The number of rotatable bonds is 2. The monoisotopic (exact) mass is 230 g/mol. The first-order valence-electron chi connectivity index (χ1n) is 5.04. The molecule has 4 heteroatoms. The third kappa shape index (κ3) is 4.81. The van der Waals surface area contributed by atoms with Gasteiger partial charge in [0.1, 0.15) is 0 Å². The number of benzene rings is 2. The Morgan fingerprint density at radius 2 is 1.41 bits per heavy atom. The number of hydrazine groups is 1. The molecule has 0 heterocycles. The first-order chi connectivity index (χ1) is 8.24. The van der Waals surface area contributed by atoms with E-state index in [0.717, 1.165) is 5.69 Å². The maximum atomic E-state index is 10.2. The van der Waals surface area contributed by atoms with E-state index in [1.807, 2.05) is 30.3 Å². The fourth-order valence-corrected chi connectivity index (χ4v) is 1.12. The molecule has 2 aromatic rings. The van der Waals surface area contributed by atoms with Crippen LogP contribution >= 0.6 is 0 Å². The van der Waals surface area contributed by atoms with Gasteiger partial charge in [0, 0.05) is 5.69 Å². The molecule has 4 N–H and O–H groups in total. The zero-order chi connectivity index (χ0) is 12.5. The van der Waals surface area contributed by atoms with Crippen LogP contribution in [0.5, 0.6) is 0 Å². The Bertz CT molecular complexity index is 443. The summed E-state index contributed by atoms with van der Waals surface area (Å²) < 4.78 is 0. The van der Waals surface area contributed by atoms with Crippen LogP contribution in [-0.2, 0) is 0 Å². The second-order valence-corrected chi connectivity index (χ2v) is 3.18. The lowest BCUT2D eigenvalue weighted by Gasteiger charge is -1.94. The first kappa shape index (κ1) is 12.7. The second-order valence-electron chi connectivity index (χ2n) is 3.18. The number of nitrogens with one attached hydrogen (secondary N) is 1.